The fourth-order valence-corrected chi connectivity index (χ4v) is 2.24. The molecule has 0 bridgehead atoms. The van der Waals surface area contributed by atoms with E-state index in [2.05, 4.69) is 13.8 Å². The molecule has 0 aliphatic heterocycles. The zero-order valence-electron chi connectivity index (χ0n) is 10.2. The van der Waals surface area contributed by atoms with E-state index in [1.807, 2.05) is 0 Å². The van der Waals surface area contributed by atoms with Gasteiger partial charge in [0.2, 0.25) is 0 Å². The molecule has 15 heavy (non-hydrogen) atoms. The fraction of sp³-hybridized carbons (Fsp3) is 1.00. The van der Waals surface area contributed by atoms with Crippen LogP contribution in [-0.4, -0.2) is 20.3 Å². The molecule has 0 spiro atoms. The molecule has 0 saturated carbocycles. The Hall–Kier alpha value is 0.110. The van der Waals surface area contributed by atoms with Gasteiger partial charge in [-0.1, -0.05) is 33.1 Å². The minimum Gasteiger partial charge on any atom is -0.290 e. The van der Waals surface area contributed by atoms with Crippen LogP contribution in [0.2, 0.25) is 0 Å². The number of phosphoric ester groups is 1. The van der Waals surface area contributed by atoms with Crippen LogP contribution in [0.5, 0.6) is 0 Å². The normalized spacial score (nSPS) is 14.1. The molecule has 0 amide bonds. The van der Waals surface area contributed by atoms with Crippen LogP contribution in [0.25, 0.3) is 0 Å². The van der Waals surface area contributed by atoms with Crippen molar-refractivity contribution in [1.29, 1.82) is 0 Å². The standard InChI is InChI=1S/C10H23O4P/c1-5-7-9-10(8-6-2)14-15(11,12-3)13-4/h10H,5-9H2,1-4H3. The summed E-state index contributed by atoms with van der Waals surface area (Å²) in [6.45, 7) is 4.20. The molecule has 0 saturated heterocycles. The predicted molar refractivity (Wildman–Crippen MR) is 60.9 cm³/mol. The van der Waals surface area contributed by atoms with Gasteiger partial charge in [0.1, 0.15) is 0 Å². The van der Waals surface area contributed by atoms with Gasteiger partial charge >= 0.3 is 7.82 Å². The lowest BCUT2D eigenvalue weighted by molar-refractivity contribution is 0.0930. The summed E-state index contributed by atoms with van der Waals surface area (Å²) in [4.78, 5) is 0. The molecule has 0 fully saturated rings. The van der Waals surface area contributed by atoms with Crippen LogP contribution in [0.3, 0.4) is 0 Å². The Balaban J connectivity index is 4.18. The number of phosphoric acid groups is 1. The minimum atomic E-state index is -3.31. The largest absolute Gasteiger partial charge is 0.474 e. The summed E-state index contributed by atoms with van der Waals surface area (Å²) >= 11 is 0. The Bertz CT molecular complexity index is 188. The molecule has 0 aliphatic carbocycles. The van der Waals surface area contributed by atoms with Crippen LogP contribution in [0.4, 0.5) is 0 Å². The van der Waals surface area contributed by atoms with E-state index < -0.39 is 7.82 Å². The topological polar surface area (TPSA) is 44.8 Å². The quantitative estimate of drug-likeness (QED) is 0.574. The molecule has 0 aromatic rings. The van der Waals surface area contributed by atoms with E-state index in [4.69, 9.17) is 13.6 Å². The molecule has 1 atom stereocenters. The lowest BCUT2D eigenvalue weighted by Crippen LogP contribution is -2.12. The van der Waals surface area contributed by atoms with Crippen molar-refractivity contribution in [2.24, 2.45) is 0 Å². The molecular weight excluding hydrogens is 215 g/mol. The number of rotatable bonds is 9. The van der Waals surface area contributed by atoms with Crippen LogP contribution in [-0.2, 0) is 18.1 Å². The van der Waals surface area contributed by atoms with Gasteiger partial charge in [-0.15, -0.1) is 0 Å². The summed E-state index contributed by atoms with van der Waals surface area (Å²) in [7, 11) is -0.626. The molecule has 0 rings (SSSR count). The zero-order valence-corrected chi connectivity index (χ0v) is 11.1. The number of unbranched alkanes of at least 4 members (excludes halogenated alkanes) is 1. The molecule has 0 radical (unpaired) electrons. The summed E-state index contributed by atoms with van der Waals surface area (Å²) in [5, 5.41) is 0. The Morgan fingerprint density at radius 3 is 2.07 bits per heavy atom. The van der Waals surface area contributed by atoms with Crippen LogP contribution < -0.4 is 0 Å². The highest BCUT2D eigenvalue weighted by atomic mass is 31.2. The highest BCUT2D eigenvalue weighted by Gasteiger charge is 2.27. The Kier molecular flexibility index (Phi) is 8.34. The SMILES string of the molecule is CCCCC(CCC)OP(=O)(OC)OC. The van der Waals surface area contributed by atoms with Gasteiger partial charge in [-0.05, 0) is 12.8 Å². The van der Waals surface area contributed by atoms with Gasteiger partial charge in [-0.2, -0.15) is 0 Å². The van der Waals surface area contributed by atoms with Gasteiger partial charge in [0.15, 0.2) is 0 Å². The first-order valence-electron chi connectivity index (χ1n) is 5.51. The smallest absolute Gasteiger partial charge is 0.290 e. The van der Waals surface area contributed by atoms with Crippen molar-refractivity contribution < 1.29 is 18.1 Å². The van der Waals surface area contributed by atoms with E-state index in [0.29, 0.717) is 0 Å². The van der Waals surface area contributed by atoms with Gasteiger partial charge in [-0.3, -0.25) is 13.6 Å². The lowest BCUT2D eigenvalue weighted by Gasteiger charge is -2.21. The van der Waals surface area contributed by atoms with E-state index in [0.717, 1.165) is 32.1 Å². The van der Waals surface area contributed by atoms with Crippen molar-refractivity contribution in [2.75, 3.05) is 14.2 Å². The first-order valence-corrected chi connectivity index (χ1v) is 6.97. The van der Waals surface area contributed by atoms with E-state index in [-0.39, 0.29) is 6.10 Å². The van der Waals surface area contributed by atoms with Gasteiger partial charge in [0.05, 0.1) is 6.10 Å². The Morgan fingerprint density at radius 2 is 1.67 bits per heavy atom. The van der Waals surface area contributed by atoms with E-state index in [1.54, 1.807) is 0 Å². The average Bonchev–Trinajstić information content (AvgIpc) is 2.26. The maximum atomic E-state index is 11.7. The van der Waals surface area contributed by atoms with Crippen LogP contribution in [0, 0.1) is 0 Å². The third kappa shape index (κ3) is 6.31. The molecule has 0 aliphatic rings. The highest BCUT2D eigenvalue weighted by Crippen LogP contribution is 2.49. The van der Waals surface area contributed by atoms with Crippen LogP contribution in [0.1, 0.15) is 46.0 Å². The molecule has 0 heterocycles. The van der Waals surface area contributed by atoms with Crippen LogP contribution in [0.15, 0.2) is 0 Å². The van der Waals surface area contributed by atoms with Crippen molar-refractivity contribution in [3.8, 4) is 0 Å². The van der Waals surface area contributed by atoms with E-state index in [1.165, 1.54) is 14.2 Å². The number of hydrogen-bond acceptors (Lipinski definition) is 4. The molecule has 4 nitrogen and oxygen atoms in total. The first kappa shape index (κ1) is 15.1. The summed E-state index contributed by atoms with van der Waals surface area (Å²) < 4.78 is 26.6. The second kappa shape index (κ2) is 8.28. The molecule has 0 aromatic carbocycles. The van der Waals surface area contributed by atoms with Crippen molar-refractivity contribution in [1.82, 2.24) is 0 Å². The molecular formula is C10H23O4P. The summed E-state index contributed by atoms with van der Waals surface area (Å²) in [6, 6.07) is 0. The van der Waals surface area contributed by atoms with Gasteiger partial charge in [-0.25, -0.2) is 4.57 Å². The van der Waals surface area contributed by atoms with Gasteiger partial charge in [0, 0.05) is 14.2 Å². The second-order valence-corrected chi connectivity index (χ2v) is 5.31. The minimum absolute atomic E-state index is 0.0271. The summed E-state index contributed by atoms with van der Waals surface area (Å²) in [6.07, 6.45) is 4.94. The Labute approximate surface area is 92.9 Å². The van der Waals surface area contributed by atoms with E-state index in [9.17, 15) is 4.57 Å². The highest BCUT2D eigenvalue weighted by molar-refractivity contribution is 7.48. The van der Waals surface area contributed by atoms with Crippen molar-refractivity contribution in [3.05, 3.63) is 0 Å². The first-order chi connectivity index (χ1) is 7.11. The third-order valence-electron chi connectivity index (χ3n) is 2.22. The lowest BCUT2D eigenvalue weighted by atomic mass is 10.1. The average molecular weight is 238 g/mol. The monoisotopic (exact) mass is 238 g/mol. The van der Waals surface area contributed by atoms with Crippen molar-refractivity contribution >= 4 is 7.82 Å². The Morgan fingerprint density at radius 1 is 1.07 bits per heavy atom. The maximum Gasteiger partial charge on any atom is 0.474 e. The number of hydrogen-bond donors (Lipinski definition) is 0. The molecule has 5 heteroatoms. The van der Waals surface area contributed by atoms with Crippen molar-refractivity contribution in [2.45, 2.75) is 52.1 Å². The molecule has 0 N–H and O–H groups in total. The van der Waals surface area contributed by atoms with Crippen LogP contribution >= 0.6 is 7.82 Å². The maximum absolute atomic E-state index is 11.7. The molecule has 0 aromatic heterocycles. The van der Waals surface area contributed by atoms with E-state index >= 15 is 0 Å². The van der Waals surface area contributed by atoms with Gasteiger partial charge in [0.25, 0.3) is 0 Å². The second-order valence-electron chi connectivity index (χ2n) is 3.47. The summed E-state index contributed by atoms with van der Waals surface area (Å²) in [5.41, 5.74) is 0. The van der Waals surface area contributed by atoms with Gasteiger partial charge < -0.3 is 0 Å². The third-order valence-corrected chi connectivity index (χ3v) is 3.67. The fourth-order valence-electron chi connectivity index (χ4n) is 1.35. The summed E-state index contributed by atoms with van der Waals surface area (Å²) in [5.74, 6) is 0. The molecule has 92 valence electrons. The molecule has 1 unspecified atom stereocenters. The predicted octanol–water partition coefficient (Wildman–Crippen LogP) is 3.76. The zero-order chi connectivity index (χ0) is 11.7. The van der Waals surface area contributed by atoms with Crippen molar-refractivity contribution in [3.63, 3.8) is 0 Å².